The van der Waals surface area contributed by atoms with E-state index in [0.29, 0.717) is 6.61 Å². The van der Waals surface area contributed by atoms with Crippen LogP contribution in [0.2, 0.25) is 0 Å². The Morgan fingerprint density at radius 3 is 2.90 bits per heavy atom. The molecule has 0 saturated heterocycles. The van der Waals surface area contributed by atoms with Crippen LogP contribution in [-0.4, -0.2) is 4.98 Å². The Bertz CT molecular complexity index is 195. The molecule has 0 unspecified atom stereocenters. The Kier molecular flexibility index (Phi) is 2.36. The summed E-state index contributed by atoms with van der Waals surface area (Å²) < 4.78 is 0. The third-order valence-corrected chi connectivity index (χ3v) is 1.20. The number of nitrogens with zero attached hydrogens (tertiary/aromatic N) is 1. The van der Waals surface area contributed by atoms with Gasteiger partial charge in [-0.3, -0.25) is 9.82 Å². The maximum atomic E-state index is 4.86. The maximum absolute atomic E-state index is 4.86. The first-order chi connectivity index (χ1) is 4.83. The Labute approximate surface area is 59.8 Å². The Hall–Kier alpha value is -0.930. The summed E-state index contributed by atoms with van der Waals surface area (Å²) in [5.74, 6) is 4.86. The number of nitrogens with two attached hydrogens (primary N) is 1. The van der Waals surface area contributed by atoms with Gasteiger partial charge in [0.15, 0.2) is 0 Å². The van der Waals surface area contributed by atoms with Crippen molar-refractivity contribution in [3.05, 3.63) is 29.6 Å². The molecule has 0 atom stereocenters. The molecule has 0 spiro atoms. The summed E-state index contributed by atoms with van der Waals surface area (Å²) in [6.07, 6.45) is 1.79. The zero-order valence-electron chi connectivity index (χ0n) is 5.87. The van der Waals surface area contributed by atoms with Crippen LogP contribution in [0.1, 0.15) is 11.3 Å². The van der Waals surface area contributed by atoms with Crippen molar-refractivity contribution in [2.75, 3.05) is 0 Å². The van der Waals surface area contributed by atoms with Crippen LogP contribution < -0.4 is 5.90 Å². The van der Waals surface area contributed by atoms with Crippen molar-refractivity contribution in [1.29, 1.82) is 0 Å². The standard InChI is InChI=1S/C7H10N2O/c1-6-2-3-7(5-10-8)9-4-6/h2-4H,5,8H2,1H3. The van der Waals surface area contributed by atoms with Gasteiger partial charge in [-0.25, -0.2) is 5.90 Å². The van der Waals surface area contributed by atoms with Crippen molar-refractivity contribution in [3.8, 4) is 0 Å². The van der Waals surface area contributed by atoms with Crippen molar-refractivity contribution in [1.82, 2.24) is 4.98 Å². The fourth-order valence-corrected chi connectivity index (χ4v) is 0.669. The lowest BCUT2D eigenvalue weighted by Crippen LogP contribution is -2.00. The molecule has 1 rings (SSSR count). The molecule has 1 aromatic heterocycles. The van der Waals surface area contributed by atoms with E-state index < -0.39 is 0 Å². The summed E-state index contributed by atoms with van der Waals surface area (Å²) in [6, 6.07) is 3.86. The number of hydrogen-bond acceptors (Lipinski definition) is 3. The first kappa shape index (κ1) is 7.18. The van der Waals surface area contributed by atoms with Crippen LogP contribution in [0.3, 0.4) is 0 Å². The molecule has 3 nitrogen and oxygen atoms in total. The van der Waals surface area contributed by atoms with E-state index >= 15 is 0 Å². The topological polar surface area (TPSA) is 48.1 Å². The molecule has 0 fully saturated rings. The zero-order chi connectivity index (χ0) is 7.40. The Balaban J connectivity index is 2.69. The van der Waals surface area contributed by atoms with Crippen LogP contribution in [0.15, 0.2) is 18.3 Å². The highest BCUT2D eigenvalue weighted by Crippen LogP contribution is 1.98. The quantitative estimate of drug-likeness (QED) is 0.614. The van der Waals surface area contributed by atoms with E-state index in [4.69, 9.17) is 5.90 Å². The second kappa shape index (κ2) is 3.29. The normalized spacial score (nSPS) is 9.80. The van der Waals surface area contributed by atoms with Crippen molar-refractivity contribution in [2.45, 2.75) is 13.5 Å². The molecule has 0 amide bonds. The van der Waals surface area contributed by atoms with Gasteiger partial charge in [-0.2, -0.15) is 0 Å². The molecule has 0 aliphatic heterocycles. The summed E-state index contributed by atoms with van der Waals surface area (Å²) in [5.41, 5.74) is 1.99. The van der Waals surface area contributed by atoms with E-state index in [2.05, 4.69) is 9.82 Å². The van der Waals surface area contributed by atoms with E-state index in [9.17, 15) is 0 Å². The van der Waals surface area contributed by atoms with Crippen LogP contribution in [0.4, 0.5) is 0 Å². The first-order valence-electron chi connectivity index (χ1n) is 3.06. The van der Waals surface area contributed by atoms with Crippen LogP contribution in [-0.2, 0) is 11.4 Å². The minimum absolute atomic E-state index is 0.375. The van der Waals surface area contributed by atoms with Gasteiger partial charge in [0, 0.05) is 6.20 Å². The summed E-state index contributed by atoms with van der Waals surface area (Å²) in [7, 11) is 0. The monoisotopic (exact) mass is 138 g/mol. The lowest BCUT2D eigenvalue weighted by Gasteiger charge is -1.96. The van der Waals surface area contributed by atoms with Gasteiger partial charge < -0.3 is 0 Å². The molecule has 3 heteroatoms. The van der Waals surface area contributed by atoms with E-state index in [-0.39, 0.29) is 0 Å². The van der Waals surface area contributed by atoms with Gasteiger partial charge in [-0.05, 0) is 18.6 Å². The number of rotatable bonds is 2. The van der Waals surface area contributed by atoms with E-state index in [1.165, 1.54) is 0 Å². The van der Waals surface area contributed by atoms with Crippen molar-refractivity contribution in [2.24, 2.45) is 5.90 Å². The second-order valence-electron chi connectivity index (χ2n) is 2.14. The second-order valence-corrected chi connectivity index (χ2v) is 2.14. The fourth-order valence-electron chi connectivity index (χ4n) is 0.669. The number of aromatic nitrogens is 1. The van der Waals surface area contributed by atoms with E-state index in [0.717, 1.165) is 11.3 Å². The largest absolute Gasteiger partial charge is 0.298 e. The van der Waals surface area contributed by atoms with Gasteiger partial charge in [0.1, 0.15) is 6.61 Å². The maximum Gasteiger partial charge on any atom is 0.110 e. The minimum Gasteiger partial charge on any atom is -0.298 e. The molecular formula is C7H10N2O. The van der Waals surface area contributed by atoms with Crippen molar-refractivity contribution >= 4 is 0 Å². The summed E-state index contributed by atoms with van der Waals surface area (Å²) >= 11 is 0. The third-order valence-electron chi connectivity index (χ3n) is 1.20. The lowest BCUT2D eigenvalue weighted by atomic mass is 10.3. The molecule has 0 saturated carbocycles. The van der Waals surface area contributed by atoms with Gasteiger partial charge in [-0.15, -0.1) is 0 Å². The van der Waals surface area contributed by atoms with Gasteiger partial charge in [-0.1, -0.05) is 6.07 Å². The number of hydrogen-bond donors (Lipinski definition) is 1. The molecule has 1 aromatic rings. The lowest BCUT2D eigenvalue weighted by molar-refractivity contribution is 0.121. The average Bonchev–Trinajstić information content (AvgIpc) is 1.95. The fraction of sp³-hybridized carbons (Fsp3) is 0.286. The predicted molar refractivity (Wildman–Crippen MR) is 38.0 cm³/mol. The Morgan fingerprint density at radius 2 is 2.40 bits per heavy atom. The van der Waals surface area contributed by atoms with E-state index in [1.807, 2.05) is 19.1 Å². The van der Waals surface area contributed by atoms with Crippen LogP contribution in [0, 0.1) is 6.92 Å². The molecule has 0 bridgehead atoms. The third kappa shape index (κ3) is 1.79. The molecule has 0 aliphatic rings. The zero-order valence-corrected chi connectivity index (χ0v) is 5.87. The smallest absolute Gasteiger partial charge is 0.110 e. The van der Waals surface area contributed by atoms with Crippen molar-refractivity contribution in [3.63, 3.8) is 0 Å². The molecule has 0 aliphatic carbocycles. The molecule has 1 heterocycles. The van der Waals surface area contributed by atoms with Crippen molar-refractivity contribution < 1.29 is 4.84 Å². The molecule has 2 N–H and O–H groups in total. The molecule has 0 radical (unpaired) electrons. The highest BCUT2D eigenvalue weighted by molar-refractivity contribution is 5.11. The predicted octanol–water partition coefficient (Wildman–Crippen LogP) is 0.780. The van der Waals surface area contributed by atoms with Crippen LogP contribution in [0.5, 0.6) is 0 Å². The number of aryl methyl sites for hydroxylation is 1. The van der Waals surface area contributed by atoms with Gasteiger partial charge in [0.25, 0.3) is 0 Å². The Morgan fingerprint density at radius 1 is 1.60 bits per heavy atom. The molecular weight excluding hydrogens is 128 g/mol. The number of pyridine rings is 1. The summed E-state index contributed by atoms with van der Waals surface area (Å²) in [5, 5.41) is 0. The van der Waals surface area contributed by atoms with Crippen LogP contribution in [0.25, 0.3) is 0 Å². The molecule has 10 heavy (non-hydrogen) atoms. The highest BCUT2D eigenvalue weighted by atomic mass is 16.6. The van der Waals surface area contributed by atoms with Crippen LogP contribution >= 0.6 is 0 Å². The van der Waals surface area contributed by atoms with Gasteiger partial charge in [0.2, 0.25) is 0 Å². The SMILES string of the molecule is Cc1ccc(CON)nc1. The minimum atomic E-state index is 0.375. The van der Waals surface area contributed by atoms with Gasteiger partial charge >= 0.3 is 0 Å². The summed E-state index contributed by atoms with van der Waals surface area (Å²) in [4.78, 5) is 8.47. The summed E-state index contributed by atoms with van der Waals surface area (Å²) in [6.45, 7) is 2.36. The molecule has 54 valence electrons. The van der Waals surface area contributed by atoms with Gasteiger partial charge in [0.05, 0.1) is 5.69 Å². The average molecular weight is 138 g/mol. The first-order valence-corrected chi connectivity index (χ1v) is 3.06. The molecule has 0 aromatic carbocycles. The highest BCUT2D eigenvalue weighted by Gasteiger charge is 1.90. The van der Waals surface area contributed by atoms with E-state index in [1.54, 1.807) is 6.20 Å².